The van der Waals surface area contributed by atoms with Crippen LogP contribution in [0.1, 0.15) is 52.0 Å². The third-order valence-electron chi connectivity index (χ3n) is 3.55. The van der Waals surface area contributed by atoms with Crippen LogP contribution in [0.25, 0.3) is 0 Å². The van der Waals surface area contributed by atoms with E-state index < -0.39 is 10.1 Å². The monoisotopic (exact) mass is 374 g/mol. The van der Waals surface area contributed by atoms with Crippen LogP contribution in [0.2, 0.25) is 0 Å². The summed E-state index contributed by atoms with van der Waals surface area (Å²) in [5.74, 6) is 3.68. The van der Waals surface area contributed by atoms with E-state index in [0.29, 0.717) is 16.7 Å². The lowest BCUT2D eigenvalue weighted by Gasteiger charge is -2.05. The summed E-state index contributed by atoms with van der Waals surface area (Å²) in [7, 11) is -3.89. The van der Waals surface area contributed by atoms with E-state index in [1.807, 2.05) is 6.92 Å². The highest BCUT2D eigenvalue weighted by atomic mass is 32.2. The van der Waals surface area contributed by atoms with Crippen LogP contribution in [-0.2, 0) is 25.8 Å². The average Bonchev–Trinajstić information content (AvgIpc) is 2.53. The lowest BCUT2D eigenvalue weighted by atomic mass is 10.2. The number of benzene rings is 1. The molecule has 0 spiro atoms. The number of carbonyl (C=O) groups excluding carboxylic acids is 1. The second-order valence-electron chi connectivity index (χ2n) is 5.60. The number of Topliss-reactive ketones (excluding diaryl/α,β-unsaturated/α-hetero) is 1. The fourth-order valence-electron chi connectivity index (χ4n) is 1.99. The Morgan fingerprint density at radius 1 is 1.04 bits per heavy atom. The SMILES string of the molecule is CCCCCC(=O)C[S+](CC)CC.Cc1ccc(S(=O)(=O)[O-])cc1. The maximum atomic E-state index is 11.5. The number of hydrogen-bond donors (Lipinski definition) is 0. The molecule has 0 N–H and O–H groups in total. The maximum Gasteiger partial charge on any atom is 0.181 e. The number of rotatable bonds is 9. The Hall–Kier alpha value is -0.850. The highest BCUT2D eigenvalue weighted by molar-refractivity contribution is 7.97. The van der Waals surface area contributed by atoms with E-state index in [2.05, 4.69) is 20.8 Å². The first-order valence-electron chi connectivity index (χ1n) is 8.42. The summed E-state index contributed by atoms with van der Waals surface area (Å²) in [6, 6.07) is 5.78. The molecule has 1 rings (SSSR count). The minimum atomic E-state index is -4.27. The van der Waals surface area contributed by atoms with E-state index in [-0.39, 0.29) is 4.90 Å². The van der Waals surface area contributed by atoms with Crippen molar-refractivity contribution in [2.24, 2.45) is 0 Å². The maximum absolute atomic E-state index is 11.5. The van der Waals surface area contributed by atoms with Crippen molar-refractivity contribution in [1.29, 1.82) is 0 Å². The lowest BCUT2D eigenvalue weighted by molar-refractivity contribution is -0.116. The third kappa shape index (κ3) is 10.8. The molecule has 1 aromatic rings. The molecule has 0 unspecified atom stereocenters. The van der Waals surface area contributed by atoms with Gasteiger partial charge in [0.2, 0.25) is 0 Å². The first kappa shape index (κ1) is 23.1. The van der Waals surface area contributed by atoms with E-state index in [1.165, 1.54) is 36.5 Å². The molecule has 0 saturated carbocycles. The molecule has 0 aliphatic rings. The van der Waals surface area contributed by atoms with Crippen LogP contribution in [0.15, 0.2) is 29.2 Å². The van der Waals surface area contributed by atoms with Gasteiger partial charge in [0.25, 0.3) is 0 Å². The normalized spacial score (nSPS) is 11.1. The second kappa shape index (κ2) is 12.5. The minimum absolute atomic E-state index is 0.178. The first-order valence-corrected chi connectivity index (χ1v) is 11.6. The molecule has 6 heteroatoms. The van der Waals surface area contributed by atoms with E-state index in [9.17, 15) is 17.8 Å². The quantitative estimate of drug-likeness (QED) is 0.375. The molecule has 24 heavy (non-hydrogen) atoms. The van der Waals surface area contributed by atoms with Crippen LogP contribution in [0.4, 0.5) is 0 Å². The summed E-state index contributed by atoms with van der Waals surface area (Å²) in [5.41, 5.74) is 0.928. The Balaban J connectivity index is 0.000000446. The van der Waals surface area contributed by atoms with Gasteiger partial charge in [-0.15, -0.1) is 0 Å². The topological polar surface area (TPSA) is 74.3 Å². The summed E-state index contributed by atoms with van der Waals surface area (Å²) >= 11 is 0. The Labute approximate surface area is 150 Å². The number of carbonyl (C=O) groups is 1. The summed E-state index contributed by atoms with van der Waals surface area (Å²) < 4.78 is 31.2. The molecule has 0 aliphatic heterocycles. The molecule has 1 aromatic carbocycles. The van der Waals surface area contributed by atoms with E-state index in [0.717, 1.165) is 24.2 Å². The molecule has 138 valence electrons. The van der Waals surface area contributed by atoms with Crippen LogP contribution in [-0.4, -0.2) is 36.0 Å². The summed E-state index contributed by atoms with van der Waals surface area (Å²) in [6.07, 6.45) is 4.33. The van der Waals surface area contributed by atoms with Gasteiger partial charge in [0.05, 0.1) is 4.90 Å². The Morgan fingerprint density at radius 3 is 2.00 bits per heavy atom. The predicted molar refractivity (Wildman–Crippen MR) is 102 cm³/mol. The molecule has 0 fully saturated rings. The number of unbranched alkanes of at least 4 members (excludes halogenated alkanes) is 2. The molecule has 0 saturated heterocycles. The zero-order chi connectivity index (χ0) is 18.6. The number of hydrogen-bond acceptors (Lipinski definition) is 4. The van der Waals surface area contributed by atoms with Gasteiger partial charge in [0.15, 0.2) is 11.5 Å². The third-order valence-corrected chi connectivity index (χ3v) is 6.76. The molecular weight excluding hydrogens is 344 g/mol. The highest BCUT2D eigenvalue weighted by Gasteiger charge is 2.17. The summed E-state index contributed by atoms with van der Waals surface area (Å²) in [6.45, 7) is 8.37. The molecule has 4 nitrogen and oxygen atoms in total. The van der Waals surface area contributed by atoms with Crippen molar-refractivity contribution in [3.63, 3.8) is 0 Å². The predicted octanol–water partition coefficient (Wildman–Crippen LogP) is 3.69. The van der Waals surface area contributed by atoms with Crippen molar-refractivity contribution in [3.05, 3.63) is 29.8 Å². The van der Waals surface area contributed by atoms with Gasteiger partial charge in [-0.3, -0.25) is 4.79 Å². The molecule has 0 heterocycles. The molecule has 0 amide bonds. The smallest absolute Gasteiger partial charge is 0.181 e. The van der Waals surface area contributed by atoms with Crippen molar-refractivity contribution in [1.82, 2.24) is 0 Å². The Kier molecular flexibility index (Phi) is 12.1. The van der Waals surface area contributed by atoms with Gasteiger partial charge in [-0.05, 0) is 50.2 Å². The zero-order valence-corrected chi connectivity index (χ0v) is 16.8. The van der Waals surface area contributed by atoms with E-state index >= 15 is 0 Å². The Morgan fingerprint density at radius 2 is 1.58 bits per heavy atom. The Bertz CT molecular complexity index is 561. The van der Waals surface area contributed by atoms with Crippen molar-refractivity contribution in [2.75, 3.05) is 17.3 Å². The molecule has 0 bridgehead atoms. The fourth-order valence-corrected chi connectivity index (χ4v) is 3.87. The minimum Gasteiger partial charge on any atom is -0.744 e. The standard InChI is InChI=1S/C11H23OS.C7H8O3S/c1-4-7-8-9-11(12)10-13(5-2)6-3;1-6-2-4-7(5-3-6)11(8,9)10/h4-10H2,1-3H3;2-5H,1H3,(H,8,9,10)/q+1;/p-1. The first-order chi connectivity index (χ1) is 11.2. The van der Waals surface area contributed by atoms with Gasteiger partial charge in [0, 0.05) is 6.42 Å². The summed E-state index contributed by atoms with van der Waals surface area (Å²) in [5, 5.41) is 0. The van der Waals surface area contributed by atoms with Crippen molar-refractivity contribution in [2.45, 2.75) is 58.3 Å². The van der Waals surface area contributed by atoms with Gasteiger partial charge < -0.3 is 4.55 Å². The largest absolute Gasteiger partial charge is 0.744 e. The van der Waals surface area contributed by atoms with Gasteiger partial charge in [-0.1, -0.05) is 37.5 Å². The zero-order valence-electron chi connectivity index (χ0n) is 15.2. The van der Waals surface area contributed by atoms with Gasteiger partial charge >= 0.3 is 0 Å². The van der Waals surface area contributed by atoms with E-state index in [4.69, 9.17) is 0 Å². The number of ketones is 1. The van der Waals surface area contributed by atoms with Crippen LogP contribution >= 0.6 is 0 Å². The average molecular weight is 375 g/mol. The summed E-state index contributed by atoms with van der Waals surface area (Å²) in [4.78, 5) is 11.3. The highest BCUT2D eigenvalue weighted by Crippen LogP contribution is 2.08. The number of aryl methyl sites for hydroxylation is 1. The van der Waals surface area contributed by atoms with Crippen LogP contribution < -0.4 is 0 Å². The second-order valence-corrected chi connectivity index (χ2v) is 9.64. The van der Waals surface area contributed by atoms with Gasteiger partial charge in [-0.25, -0.2) is 8.42 Å². The van der Waals surface area contributed by atoms with Gasteiger partial charge in [-0.2, -0.15) is 0 Å². The van der Waals surface area contributed by atoms with Crippen LogP contribution in [0.5, 0.6) is 0 Å². The molecule has 0 atom stereocenters. The van der Waals surface area contributed by atoms with Crippen molar-refractivity contribution >= 4 is 26.8 Å². The van der Waals surface area contributed by atoms with Crippen LogP contribution in [0, 0.1) is 6.92 Å². The lowest BCUT2D eigenvalue weighted by Crippen LogP contribution is -2.19. The fraction of sp³-hybridized carbons (Fsp3) is 0.611. The van der Waals surface area contributed by atoms with Crippen molar-refractivity contribution < 1.29 is 17.8 Å². The molecular formula is C18H30O4S2. The molecule has 0 aliphatic carbocycles. The molecule has 0 radical (unpaired) electrons. The van der Waals surface area contributed by atoms with Crippen LogP contribution in [0.3, 0.4) is 0 Å². The van der Waals surface area contributed by atoms with Crippen molar-refractivity contribution in [3.8, 4) is 0 Å². The van der Waals surface area contributed by atoms with E-state index in [1.54, 1.807) is 12.1 Å². The molecule has 0 aromatic heterocycles. The van der Waals surface area contributed by atoms with Gasteiger partial charge in [0.1, 0.15) is 21.6 Å².